The first kappa shape index (κ1) is 18.3. The van der Waals surface area contributed by atoms with E-state index in [1.54, 1.807) is 12.8 Å². The number of rotatable bonds is 3. The van der Waals surface area contributed by atoms with Gasteiger partial charge in [0.2, 0.25) is 0 Å². The van der Waals surface area contributed by atoms with Crippen molar-refractivity contribution in [3.63, 3.8) is 0 Å². The molecule has 0 aromatic rings. The van der Waals surface area contributed by atoms with Crippen molar-refractivity contribution >= 4 is 0 Å². The second kappa shape index (κ2) is 6.82. The van der Waals surface area contributed by atoms with Crippen molar-refractivity contribution in [2.75, 3.05) is 6.54 Å². The second-order valence-electron chi connectivity index (χ2n) is 11.2. The molecule has 0 spiro atoms. The average molecular weight is 347 g/mol. The third-order valence-corrected chi connectivity index (χ3v) is 9.70. The van der Waals surface area contributed by atoms with Gasteiger partial charge in [-0.05, 0) is 117 Å². The fourth-order valence-corrected chi connectivity index (χ4v) is 8.14. The van der Waals surface area contributed by atoms with Gasteiger partial charge in [-0.1, -0.05) is 20.8 Å². The second-order valence-corrected chi connectivity index (χ2v) is 11.2. The van der Waals surface area contributed by atoms with Crippen LogP contribution >= 0.6 is 0 Å². The standard InChI is InChI=1S/C23H42N2/c1-22(2)12-8-16-4-6-20-19(18(16)9-13-22)10-14-23(3)17(11-15-25-24)5-7-21(20)23/h16-21,25H,4-15,24H2,1-3H3. The zero-order valence-corrected chi connectivity index (χ0v) is 17.0. The van der Waals surface area contributed by atoms with Crippen molar-refractivity contribution in [2.45, 2.75) is 91.4 Å². The molecule has 0 saturated heterocycles. The summed E-state index contributed by atoms with van der Waals surface area (Å²) >= 11 is 0. The van der Waals surface area contributed by atoms with Gasteiger partial charge in [-0.15, -0.1) is 0 Å². The SMILES string of the molecule is CC1(C)CCC2CCC3C(CCC4(C)C(CCNN)CCC34)C2CC1. The van der Waals surface area contributed by atoms with Crippen LogP contribution in [0.25, 0.3) is 0 Å². The van der Waals surface area contributed by atoms with E-state index in [2.05, 4.69) is 26.2 Å². The summed E-state index contributed by atoms with van der Waals surface area (Å²) in [7, 11) is 0. The number of hydrazine groups is 1. The fourth-order valence-electron chi connectivity index (χ4n) is 8.14. The average Bonchev–Trinajstić information content (AvgIpc) is 2.83. The summed E-state index contributed by atoms with van der Waals surface area (Å²) in [5.74, 6) is 11.8. The quantitative estimate of drug-likeness (QED) is 0.521. The number of hydrogen-bond acceptors (Lipinski definition) is 2. The maximum atomic E-state index is 5.58. The fraction of sp³-hybridized carbons (Fsp3) is 1.00. The van der Waals surface area contributed by atoms with Crippen LogP contribution in [-0.4, -0.2) is 6.54 Å². The molecule has 0 radical (unpaired) electrons. The van der Waals surface area contributed by atoms with Gasteiger partial charge in [0, 0.05) is 6.54 Å². The molecule has 7 unspecified atom stereocenters. The van der Waals surface area contributed by atoms with Crippen LogP contribution in [0.5, 0.6) is 0 Å². The van der Waals surface area contributed by atoms with Gasteiger partial charge in [0.15, 0.2) is 0 Å². The molecule has 4 saturated carbocycles. The maximum Gasteiger partial charge on any atom is 0.0100 e. The number of fused-ring (bicyclic) bond motifs is 5. The van der Waals surface area contributed by atoms with Gasteiger partial charge >= 0.3 is 0 Å². The van der Waals surface area contributed by atoms with Crippen LogP contribution in [0.2, 0.25) is 0 Å². The number of nitrogens with two attached hydrogens (primary N) is 1. The van der Waals surface area contributed by atoms with E-state index < -0.39 is 0 Å². The van der Waals surface area contributed by atoms with E-state index in [0.29, 0.717) is 10.8 Å². The highest BCUT2D eigenvalue weighted by Crippen LogP contribution is 2.64. The van der Waals surface area contributed by atoms with E-state index in [0.717, 1.165) is 42.1 Å². The summed E-state index contributed by atoms with van der Waals surface area (Å²) in [5.41, 5.74) is 4.14. The van der Waals surface area contributed by atoms with Crippen molar-refractivity contribution in [2.24, 2.45) is 52.2 Å². The lowest BCUT2D eigenvalue weighted by atomic mass is 9.50. The molecule has 4 fully saturated rings. The molecule has 0 bridgehead atoms. The van der Waals surface area contributed by atoms with Crippen LogP contribution in [0.4, 0.5) is 0 Å². The van der Waals surface area contributed by atoms with E-state index in [9.17, 15) is 0 Å². The zero-order chi connectivity index (χ0) is 17.7. The Morgan fingerprint density at radius 3 is 2.36 bits per heavy atom. The molecule has 144 valence electrons. The topological polar surface area (TPSA) is 38.0 Å². The number of hydrogen-bond donors (Lipinski definition) is 2. The lowest BCUT2D eigenvalue weighted by Gasteiger charge is -2.55. The molecule has 0 aromatic heterocycles. The van der Waals surface area contributed by atoms with Gasteiger partial charge in [-0.2, -0.15) is 0 Å². The van der Waals surface area contributed by atoms with Gasteiger partial charge in [-0.3, -0.25) is 11.3 Å². The zero-order valence-electron chi connectivity index (χ0n) is 17.0. The minimum Gasteiger partial charge on any atom is -0.271 e. The molecule has 2 nitrogen and oxygen atoms in total. The van der Waals surface area contributed by atoms with Crippen LogP contribution in [0, 0.1) is 46.3 Å². The van der Waals surface area contributed by atoms with Crippen LogP contribution in [0.1, 0.15) is 91.4 Å². The Morgan fingerprint density at radius 1 is 0.800 bits per heavy atom. The van der Waals surface area contributed by atoms with E-state index in [-0.39, 0.29) is 0 Å². The molecular formula is C23H42N2. The predicted octanol–water partition coefficient (Wildman–Crippen LogP) is 5.52. The van der Waals surface area contributed by atoms with Crippen LogP contribution in [0.15, 0.2) is 0 Å². The summed E-state index contributed by atoms with van der Waals surface area (Å²) in [4.78, 5) is 0. The molecule has 4 rings (SSSR count). The molecule has 0 aromatic carbocycles. The summed E-state index contributed by atoms with van der Waals surface area (Å²) in [5, 5.41) is 0. The summed E-state index contributed by atoms with van der Waals surface area (Å²) < 4.78 is 0. The first-order valence-corrected chi connectivity index (χ1v) is 11.4. The molecule has 4 aliphatic carbocycles. The first-order chi connectivity index (χ1) is 11.9. The first-order valence-electron chi connectivity index (χ1n) is 11.4. The molecule has 0 heterocycles. The van der Waals surface area contributed by atoms with Gasteiger partial charge in [0.05, 0.1) is 0 Å². The molecular weight excluding hydrogens is 304 g/mol. The Kier molecular flexibility index (Phi) is 4.99. The molecule has 0 aliphatic heterocycles. The maximum absolute atomic E-state index is 5.58. The Labute approximate surface area is 156 Å². The predicted molar refractivity (Wildman–Crippen MR) is 106 cm³/mol. The van der Waals surface area contributed by atoms with Crippen molar-refractivity contribution in [3.05, 3.63) is 0 Å². The van der Waals surface area contributed by atoms with Gasteiger partial charge in [0.1, 0.15) is 0 Å². The Morgan fingerprint density at radius 2 is 1.56 bits per heavy atom. The molecule has 3 N–H and O–H groups in total. The van der Waals surface area contributed by atoms with Gasteiger partial charge in [0.25, 0.3) is 0 Å². The molecule has 4 aliphatic rings. The number of nitrogens with one attached hydrogen (secondary N) is 1. The third-order valence-electron chi connectivity index (χ3n) is 9.70. The normalized spacial score (nSPS) is 49.0. The van der Waals surface area contributed by atoms with E-state index >= 15 is 0 Å². The molecule has 2 heteroatoms. The highest BCUT2D eigenvalue weighted by molar-refractivity contribution is 5.05. The van der Waals surface area contributed by atoms with Crippen molar-refractivity contribution < 1.29 is 0 Å². The lowest BCUT2D eigenvalue weighted by molar-refractivity contribution is -0.0542. The monoisotopic (exact) mass is 346 g/mol. The summed E-state index contributed by atoms with van der Waals surface area (Å²) in [6, 6.07) is 0. The molecule has 25 heavy (non-hydrogen) atoms. The minimum atomic E-state index is 0.601. The van der Waals surface area contributed by atoms with E-state index in [1.807, 2.05) is 0 Å². The molecule has 7 atom stereocenters. The highest BCUT2D eigenvalue weighted by Gasteiger charge is 2.56. The largest absolute Gasteiger partial charge is 0.271 e. The minimum absolute atomic E-state index is 0.601. The Balaban J connectivity index is 1.50. The summed E-state index contributed by atoms with van der Waals surface area (Å²) in [6.07, 6.45) is 16.4. The van der Waals surface area contributed by atoms with E-state index in [4.69, 9.17) is 5.84 Å². The lowest BCUT2D eigenvalue weighted by Crippen LogP contribution is -2.47. The smallest absolute Gasteiger partial charge is 0.0100 e. The van der Waals surface area contributed by atoms with Crippen LogP contribution < -0.4 is 11.3 Å². The van der Waals surface area contributed by atoms with E-state index in [1.165, 1.54) is 57.8 Å². The van der Waals surface area contributed by atoms with Gasteiger partial charge < -0.3 is 0 Å². The highest BCUT2D eigenvalue weighted by atomic mass is 15.2. The van der Waals surface area contributed by atoms with Crippen molar-refractivity contribution in [1.82, 2.24) is 5.43 Å². The van der Waals surface area contributed by atoms with Crippen molar-refractivity contribution in [3.8, 4) is 0 Å². The van der Waals surface area contributed by atoms with Gasteiger partial charge in [-0.25, -0.2) is 0 Å². The summed E-state index contributed by atoms with van der Waals surface area (Å²) in [6.45, 7) is 8.70. The Bertz CT molecular complexity index is 473. The molecule has 0 amide bonds. The Hall–Kier alpha value is -0.0800. The third kappa shape index (κ3) is 3.20. The van der Waals surface area contributed by atoms with Crippen molar-refractivity contribution in [1.29, 1.82) is 0 Å². The van der Waals surface area contributed by atoms with Crippen LogP contribution in [-0.2, 0) is 0 Å². The van der Waals surface area contributed by atoms with Crippen LogP contribution in [0.3, 0.4) is 0 Å².